The standard InChI is InChI=1S/C13H16N4O4/c18-12(16-6-4-14-5-7-16)9-15-13(19)10-2-1-3-11(8-10)17(20)21/h1-3,8,14H,4-7,9H2,(H,15,19). The van der Waals surface area contributed by atoms with E-state index < -0.39 is 10.8 Å². The summed E-state index contributed by atoms with van der Waals surface area (Å²) in [6.07, 6.45) is 0. The van der Waals surface area contributed by atoms with E-state index in [1.54, 1.807) is 4.90 Å². The van der Waals surface area contributed by atoms with Crippen LogP contribution in [0.1, 0.15) is 10.4 Å². The van der Waals surface area contributed by atoms with Crippen molar-refractivity contribution in [2.45, 2.75) is 0 Å². The number of nitro benzene ring substituents is 1. The normalized spacial score (nSPS) is 14.6. The number of amides is 2. The molecule has 0 aromatic heterocycles. The molecule has 112 valence electrons. The summed E-state index contributed by atoms with van der Waals surface area (Å²) in [5.41, 5.74) is 0.00777. The molecular weight excluding hydrogens is 276 g/mol. The predicted molar refractivity (Wildman–Crippen MR) is 74.9 cm³/mol. The van der Waals surface area contributed by atoms with Gasteiger partial charge in [0.15, 0.2) is 0 Å². The van der Waals surface area contributed by atoms with Gasteiger partial charge in [0.2, 0.25) is 5.91 Å². The van der Waals surface area contributed by atoms with Crippen LogP contribution in [0, 0.1) is 10.1 Å². The highest BCUT2D eigenvalue weighted by Crippen LogP contribution is 2.12. The van der Waals surface area contributed by atoms with Crippen molar-refractivity contribution in [2.75, 3.05) is 32.7 Å². The Morgan fingerprint density at radius 3 is 2.71 bits per heavy atom. The third-order valence-corrected chi connectivity index (χ3v) is 3.19. The van der Waals surface area contributed by atoms with Crippen LogP contribution >= 0.6 is 0 Å². The average Bonchev–Trinajstić information content (AvgIpc) is 2.53. The first-order chi connectivity index (χ1) is 10.1. The summed E-state index contributed by atoms with van der Waals surface area (Å²) in [6.45, 7) is 2.60. The van der Waals surface area contributed by atoms with Crippen LogP contribution in [0.4, 0.5) is 5.69 Å². The van der Waals surface area contributed by atoms with Crippen molar-refractivity contribution < 1.29 is 14.5 Å². The van der Waals surface area contributed by atoms with Gasteiger partial charge in [0.25, 0.3) is 11.6 Å². The second-order valence-corrected chi connectivity index (χ2v) is 4.62. The molecule has 1 heterocycles. The number of carbonyl (C=O) groups is 2. The molecule has 21 heavy (non-hydrogen) atoms. The summed E-state index contributed by atoms with van der Waals surface area (Å²) in [6, 6.07) is 5.40. The van der Waals surface area contributed by atoms with Crippen LogP contribution in [0.2, 0.25) is 0 Å². The quantitative estimate of drug-likeness (QED) is 0.588. The first-order valence-corrected chi connectivity index (χ1v) is 6.59. The Hall–Kier alpha value is -2.48. The lowest BCUT2D eigenvalue weighted by molar-refractivity contribution is -0.384. The number of carbonyl (C=O) groups excluding carboxylic acids is 2. The highest BCUT2D eigenvalue weighted by atomic mass is 16.6. The first-order valence-electron chi connectivity index (χ1n) is 6.59. The molecule has 1 aromatic rings. The van der Waals surface area contributed by atoms with Gasteiger partial charge in [0, 0.05) is 43.9 Å². The van der Waals surface area contributed by atoms with Gasteiger partial charge < -0.3 is 15.5 Å². The molecule has 0 spiro atoms. The Labute approximate surface area is 121 Å². The van der Waals surface area contributed by atoms with E-state index in [-0.39, 0.29) is 23.7 Å². The van der Waals surface area contributed by atoms with Gasteiger partial charge in [-0.25, -0.2) is 0 Å². The summed E-state index contributed by atoms with van der Waals surface area (Å²) in [5.74, 6) is -0.655. The maximum Gasteiger partial charge on any atom is 0.270 e. The summed E-state index contributed by atoms with van der Waals surface area (Å²) >= 11 is 0. The minimum absolute atomic E-state index is 0.110. The molecule has 1 aliphatic rings. The molecule has 8 nitrogen and oxygen atoms in total. The molecule has 1 aromatic carbocycles. The lowest BCUT2D eigenvalue weighted by Gasteiger charge is -2.27. The van der Waals surface area contributed by atoms with Gasteiger partial charge in [-0.2, -0.15) is 0 Å². The summed E-state index contributed by atoms with van der Waals surface area (Å²) in [7, 11) is 0. The summed E-state index contributed by atoms with van der Waals surface area (Å²) in [4.78, 5) is 35.5. The monoisotopic (exact) mass is 292 g/mol. The molecule has 0 atom stereocenters. The fourth-order valence-electron chi connectivity index (χ4n) is 2.04. The highest BCUT2D eigenvalue weighted by Gasteiger charge is 2.17. The van der Waals surface area contributed by atoms with E-state index in [0.29, 0.717) is 13.1 Å². The van der Waals surface area contributed by atoms with Crippen molar-refractivity contribution in [1.82, 2.24) is 15.5 Å². The van der Waals surface area contributed by atoms with Crippen LogP contribution in [-0.2, 0) is 4.79 Å². The summed E-state index contributed by atoms with van der Waals surface area (Å²) < 4.78 is 0. The molecule has 0 bridgehead atoms. The van der Waals surface area contributed by atoms with E-state index >= 15 is 0 Å². The molecule has 1 saturated heterocycles. The van der Waals surface area contributed by atoms with E-state index in [1.165, 1.54) is 24.3 Å². The number of piperazine rings is 1. The van der Waals surface area contributed by atoms with Crippen molar-refractivity contribution >= 4 is 17.5 Å². The number of benzene rings is 1. The Morgan fingerprint density at radius 2 is 2.05 bits per heavy atom. The zero-order valence-electron chi connectivity index (χ0n) is 11.4. The number of nitrogens with zero attached hydrogens (tertiary/aromatic N) is 2. The van der Waals surface area contributed by atoms with E-state index in [1.807, 2.05) is 0 Å². The fourth-order valence-corrected chi connectivity index (χ4v) is 2.04. The molecular formula is C13H16N4O4. The van der Waals surface area contributed by atoms with Crippen molar-refractivity contribution in [1.29, 1.82) is 0 Å². The third kappa shape index (κ3) is 3.99. The van der Waals surface area contributed by atoms with Crippen molar-refractivity contribution in [3.63, 3.8) is 0 Å². The van der Waals surface area contributed by atoms with Gasteiger partial charge >= 0.3 is 0 Å². The highest BCUT2D eigenvalue weighted by molar-refractivity contribution is 5.96. The van der Waals surface area contributed by atoms with Crippen LogP contribution in [0.25, 0.3) is 0 Å². The van der Waals surface area contributed by atoms with Crippen LogP contribution in [0.3, 0.4) is 0 Å². The third-order valence-electron chi connectivity index (χ3n) is 3.19. The number of hydrogen-bond donors (Lipinski definition) is 2. The van der Waals surface area contributed by atoms with Crippen molar-refractivity contribution in [2.24, 2.45) is 0 Å². The van der Waals surface area contributed by atoms with E-state index in [9.17, 15) is 19.7 Å². The van der Waals surface area contributed by atoms with E-state index in [0.717, 1.165) is 13.1 Å². The molecule has 2 amide bonds. The molecule has 2 N–H and O–H groups in total. The lowest BCUT2D eigenvalue weighted by Crippen LogP contribution is -2.49. The molecule has 1 fully saturated rings. The van der Waals surface area contributed by atoms with Gasteiger partial charge in [-0.3, -0.25) is 19.7 Å². The molecule has 1 aliphatic heterocycles. The smallest absolute Gasteiger partial charge is 0.270 e. The SMILES string of the molecule is O=C(NCC(=O)N1CCNCC1)c1cccc([N+](=O)[O-])c1. The molecule has 8 heteroatoms. The first kappa shape index (κ1) is 14.9. The number of non-ortho nitro benzene ring substituents is 1. The van der Waals surface area contributed by atoms with Gasteiger partial charge in [-0.05, 0) is 6.07 Å². The minimum Gasteiger partial charge on any atom is -0.343 e. The van der Waals surface area contributed by atoms with Crippen LogP contribution in [-0.4, -0.2) is 54.4 Å². The maximum absolute atomic E-state index is 11.9. The zero-order chi connectivity index (χ0) is 15.2. The van der Waals surface area contributed by atoms with E-state index in [4.69, 9.17) is 0 Å². The lowest BCUT2D eigenvalue weighted by atomic mass is 10.2. The Kier molecular flexibility index (Phi) is 4.83. The zero-order valence-corrected chi connectivity index (χ0v) is 11.4. The van der Waals surface area contributed by atoms with Crippen molar-refractivity contribution in [3.05, 3.63) is 39.9 Å². The second-order valence-electron chi connectivity index (χ2n) is 4.62. The van der Waals surface area contributed by atoms with E-state index in [2.05, 4.69) is 10.6 Å². The number of nitrogens with one attached hydrogen (secondary N) is 2. The Bertz CT molecular complexity index is 555. The van der Waals surface area contributed by atoms with Gasteiger partial charge in [-0.15, -0.1) is 0 Å². The van der Waals surface area contributed by atoms with Gasteiger partial charge in [-0.1, -0.05) is 6.07 Å². The topological polar surface area (TPSA) is 105 Å². The average molecular weight is 292 g/mol. The van der Waals surface area contributed by atoms with Gasteiger partial charge in [0.1, 0.15) is 0 Å². The molecule has 0 saturated carbocycles. The maximum atomic E-state index is 11.9. The van der Waals surface area contributed by atoms with Gasteiger partial charge in [0.05, 0.1) is 11.5 Å². The van der Waals surface area contributed by atoms with Crippen LogP contribution < -0.4 is 10.6 Å². The Balaban J connectivity index is 1.90. The van der Waals surface area contributed by atoms with Crippen LogP contribution in [0.5, 0.6) is 0 Å². The molecule has 2 rings (SSSR count). The molecule has 0 aliphatic carbocycles. The minimum atomic E-state index is -0.567. The summed E-state index contributed by atoms with van der Waals surface area (Å²) in [5, 5.41) is 16.3. The van der Waals surface area contributed by atoms with Crippen LogP contribution in [0.15, 0.2) is 24.3 Å². The van der Waals surface area contributed by atoms with Crippen molar-refractivity contribution in [3.8, 4) is 0 Å². The largest absolute Gasteiger partial charge is 0.343 e. The number of nitro groups is 1. The number of rotatable bonds is 4. The Morgan fingerprint density at radius 1 is 1.33 bits per heavy atom. The molecule has 0 unspecified atom stereocenters. The molecule has 0 radical (unpaired) electrons. The predicted octanol–water partition coefficient (Wildman–Crippen LogP) is -0.244. The fraction of sp³-hybridized carbons (Fsp3) is 0.385. The second kappa shape index (κ2) is 6.80. The number of hydrogen-bond acceptors (Lipinski definition) is 5.